The van der Waals surface area contributed by atoms with Gasteiger partial charge >= 0.3 is 0 Å². The smallest absolute Gasteiger partial charge is 0.251 e. The van der Waals surface area contributed by atoms with Crippen LogP contribution in [0.2, 0.25) is 0 Å². The number of aryl methyl sites for hydroxylation is 1. The van der Waals surface area contributed by atoms with E-state index in [9.17, 15) is 24.0 Å². The zero-order valence-electron chi connectivity index (χ0n) is 30.6. The van der Waals surface area contributed by atoms with E-state index in [2.05, 4.69) is 21.3 Å². The minimum Gasteiger partial charge on any atom is -0.361 e. The van der Waals surface area contributed by atoms with E-state index in [1.54, 1.807) is 13.0 Å². The van der Waals surface area contributed by atoms with Gasteiger partial charge in [0.25, 0.3) is 5.91 Å². The third kappa shape index (κ3) is 12.3. The highest BCUT2D eigenvalue weighted by Crippen LogP contribution is 2.29. The summed E-state index contributed by atoms with van der Waals surface area (Å²) in [6, 6.07) is 15.3. The molecule has 1 aliphatic heterocycles. The van der Waals surface area contributed by atoms with Gasteiger partial charge < -0.3 is 26.0 Å². The van der Waals surface area contributed by atoms with Crippen molar-refractivity contribution in [1.29, 1.82) is 0 Å². The molecule has 1 fully saturated rings. The largest absolute Gasteiger partial charge is 0.361 e. The summed E-state index contributed by atoms with van der Waals surface area (Å²) in [4.78, 5) is 68.5. The van der Waals surface area contributed by atoms with Crippen LogP contribution in [0.15, 0.2) is 84.5 Å². The number of epoxide rings is 1. The molecule has 51 heavy (non-hydrogen) atoms. The molecule has 1 aliphatic carbocycles. The molecule has 2 aromatic carbocycles. The Balaban J connectivity index is 1.53. The summed E-state index contributed by atoms with van der Waals surface area (Å²) in [6.07, 6.45) is 8.89. The van der Waals surface area contributed by atoms with Gasteiger partial charge in [0.1, 0.15) is 23.7 Å². The van der Waals surface area contributed by atoms with Crippen molar-refractivity contribution in [3.05, 3.63) is 95.6 Å². The van der Waals surface area contributed by atoms with Crippen LogP contribution in [0.1, 0.15) is 77.8 Å². The minimum absolute atomic E-state index is 0.0182. The molecule has 2 aromatic rings. The molecule has 274 valence electrons. The van der Waals surface area contributed by atoms with E-state index in [1.165, 1.54) is 0 Å². The van der Waals surface area contributed by atoms with E-state index >= 15 is 0 Å². The number of rotatable bonds is 19. The lowest BCUT2D eigenvalue weighted by atomic mass is 9.93. The van der Waals surface area contributed by atoms with Crippen LogP contribution < -0.4 is 21.3 Å². The van der Waals surface area contributed by atoms with Crippen molar-refractivity contribution in [2.24, 2.45) is 11.8 Å². The summed E-state index contributed by atoms with van der Waals surface area (Å²) >= 11 is 0. The lowest BCUT2D eigenvalue weighted by Crippen LogP contribution is -2.59. The number of allylic oxidation sites excluding steroid dienone is 2. The molecule has 5 atom stereocenters. The molecule has 10 nitrogen and oxygen atoms in total. The Labute approximate surface area is 302 Å². The highest BCUT2D eigenvalue weighted by atomic mass is 16.6. The van der Waals surface area contributed by atoms with E-state index in [-0.39, 0.29) is 29.9 Å². The molecular formula is C41H54N4O6. The van der Waals surface area contributed by atoms with Crippen LogP contribution in [0.3, 0.4) is 0 Å². The Morgan fingerprint density at radius 3 is 1.78 bits per heavy atom. The predicted octanol–water partition coefficient (Wildman–Crippen LogP) is 4.53. The van der Waals surface area contributed by atoms with Crippen LogP contribution in [0.4, 0.5) is 0 Å². The zero-order valence-corrected chi connectivity index (χ0v) is 30.6. The summed E-state index contributed by atoms with van der Waals surface area (Å²) in [6.45, 7) is 9.86. The van der Waals surface area contributed by atoms with E-state index < -0.39 is 47.5 Å². The Hall–Kier alpha value is -4.57. The molecule has 4 N–H and O–H groups in total. The fraction of sp³-hybridized carbons (Fsp3) is 0.488. The molecule has 1 saturated heterocycles. The van der Waals surface area contributed by atoms with Gasteiger partial charge in [0, 0.05) is 12.0 Å². The SMILES string of the molecule is CC(C)C[C@H](NC(=O)[C@H](CCc1ccccc1)NC(=O)C1=CCCC=C1)C(=O)N[C@@H](Cc1ccccc1)C(=O)N[C@@H](CC(C)C)C(=O)[C@@]1(C)CO1. The lowest BCUT2D eigenvalue weighted by Gasteiger charge is -2.28. The first-order valence-electron chi connectivity index (χ1n) is 18.2. The number of hydrogen-bond donors (Lipinski definition) is 4. The molecule has 0 radical (unpaired) electrons. The van der Waals surface area contributed by atoms with Crippen molar-refractivity contribution in [2.45, 2.75) is 109 Å². The molecule has 0 unspecified atom stereocenters. The van der Waals surface area contributed by atoms with Crippen molar-refractivity contribution in [3.8, 4) is 0 Å². The molecule has 4 rings (SSSR count). The topological polar surface area (TPSA) is 146 Å². The highest BCUT2D eigenvalue weighted by molar-refractivity contribution is 6.00. The number of nitrogens with one attached hydrogen (secondary N) is 4. The molecule has 0 bridgehead atoms. The maximum Gasteiger partial charge on any atom is 0.251 e. The fourth-order valence-corrected chi connectivity index (χ4v) is 6.15. The number of Topliss-reactive ketones (excluding diaryl/α,β-unsaturated/α-hetero) is 1. The highest BCUT2D eigenvalue weighted by Gasteiger charge is 2.50. The Bertz CT molecular complexity index is 1560. The number of ketones is 1. The Morgan fingerprint density at radius 1 is 0.686 bits per heavy atom. The average Bonchev–Trinajstić information content (AvgIpc) is 3.87. The maximum absolute atomic E-state index is 14.1. The van der Waals surface area contributed by atoms with Gasteiger partial charge in [-0.2, -0.15) is 0 Å². The second-order valence-electron chi connectivity index (χ2n) is 14.7. The molecular weight excluding hydrogens is 644 g/mol. The van der Waals surface area contributed by atoms with E-state index in [0.29, 0.717) is 37.9 Å². The molecule has 1 heterocycles. The van der Waals surface area contributed by atoms with Crippen LogP contribution in [0.25, 0.3) is 0 Å². The minimum atomic E-state index is -1.03. The second-order valence-corrected chi connectivity index (χ2v) is 14.7. The van der Waals surface area contributed by atoms with Crippen LogP contribution in [-0.4, -0.2) is 65.8 Å². The van der Waals surface area contributed by atoms with Crippen molar-refractivity contribution < 1.29 is 28.7 Å². The number of benzene rings is 2. The summed E-state index contributed by atoms with van der Waals surface area (Å²) < 4.78 is 5.40. The second kappa shape index (κ2) is 18.6. The number of carbonyl (C=O) groups excluding carboxylic acids is 5. The van der Waals surface area contributed by atoms with Gasteiger partial charge in [-0.05, 0) is 68.4 Å². The number of amides is 4. The van der Waals surface area contributed by atoms with Gasteiger partial charge in [0.2, 0.25) is 17.7 Å². The van der Waals surface area contributed by atoms with E-state index in [1.807, 2.05) is 101 Å². The van der Waals surface area contributed by atoms with Crippen LogP contribution >= 0.6 is 0 Å². The van der Waals surface area contributed by atoms with Crippen molar-refractivity contribution in [3.63, 3.8) is 0 Å². The summed E-state index contributed by atoms with van der Waals surface area (Å²) in [5.41, 5.74) is 1.42. The first-order chi connectivity index (χ1) is 24.3. The van der Waals surface area contributed by atoms with E-state index in [4.69, 9.17) is 4.74 Å². The molecule has 0 aromatic heterocycles. The first kappa shape index (κ1) is 39.2. The standard InChI is InChI=1S/C41H54N4O6/c1-27(2)23-33(36(46)41(5)26-51-41)43-40(50)35(25-30-17-11-7-12-18-30)45-39(49)34(24-28(3)4)44-38(48)32(22-21-29-15-9-6-10-16-29)42-37(47)31-19-13-8-14-20-31/h6-7,9-13,15-20,27-28,32-35H,8,14,21-26H2,1-5H3,(H,42,47)(H,43,50)(H,44,48)(H,45,49)/t32-,33-,34-,35-,41+/m0/s1. The number of hydrogen-bond acceptors (Lipinski definition) is 6. The van der Waals surface area contributed by atoms with Gasteiger partial charge in [0.05, 0.1) is 12.6 Å². The molecule has 10 heteroatoms. The summed E-state index contributed by atoms with van der Waals surface area (Å²) in [5, 5.41) is 11.6. The zero-order chi connectivity index (χ0) is 37.0. The predicted molar refractivity (Wildman–Crippen MR) is 197 cm³/mol. The normalized spacial score (nSPS) is 18.9. The molecule has 2 aliphatic rings. The van der Waals surface area contributed by atoms with Crippen molar-refractivity contribution >= 4 is 29.4 Å². The first-order valence-corrected chi connectivity index (χ1v) is 18.2. The average molecular weight is 699 g/mol. The lowest BCUT2D eigenvalue weighted by molar-refractivity contribution is -0.135. The monoisotopic (exact) mass is 698 g/mol. The molecule has 4 amide bonds. The van der Waals surface area contributed by atoms with Gasteiger partial charge in [-0.1, -0.05) is 107 Å². The van der Waals surface area contributed by atoms with E-state index in [0.717, 1.165) is 24.0 Å². The fourth-order valence-electron chi connectivity index (χ4n) is 6.15. The third-order valence-corrected chi connectivity index (χ3v) is 9.14. The summed E-state index contributed by atoms with van der Waals surface area (Å²) in [5.74, 6) is -1.90. The number of carbonyl (C=O) groups is 5. The quantitative estimate of drug-likeness (QED) is 0.159. The molecule has 0 spiro atoms. The Kier molecular flexibility index (Phi) is 14.3. The summed E-state index contributed by atoms with van der Waals surface area (Å²) in [7, 11) is 0. The van der Waals surface area contributed by atoms with Crippen LogP contribution in [-0.2, 0) is 41.6 Å². The van der Waals surface area contributed by atoms with Gasteiger partial charge in [-0.25, -0.2) is 0 Å². The Morgan fingerprint density at radius 2 is 1.22 bits per heavy atom. The van der Waals surface area contributed by atoms with Crippen LogP contribution in [0, 0.1) is 11.8 Å². The third-order valence-electron chi connectivity index (χ3n) is 9.14. The van der Waals surface area contributed by atoms with Crippen LogP contribution in [0.5, 0.6) is 0 Å². The van der Waals surface area contributed by atoms with Crippen molar-refractivity contribution in [1.82, 2.24) is 21.3 Å². The van der Waals surface area contributed by atoms with Gasteiger partial charge in [-0.15, -0.1) is 0 Å². The van der Waals surface area contributed by atoms with Crippen molar-refractivity contribution in [2.75, 3.05) is 6.61 Å². The van der Waals surface area contributed by atoms with Gasteiger partial charge in [-0.3, -0.25) is 24.0 Å². The van der Waals surface area contributed by atoms with Gasteiger partial charge in [0.15, 0.2) is 5.78 Å². The molecule has 0 saturated carbocycles. The number of ether oxygens (including phenoxy) is 1. The maximum atomic E-state index is 14.1.